The van der Waals surface area contributed by atoms with Gasteiger partial charge in [-0.3, -0.25) is 0 Å². The Hall–Kier alpha value is -1.06. The van der Waals surface area contributed by atoms with Crippen molar-refractivity contribution in [3.8, 4) is 0 Å². The fourth-order valence-corrected chi connectivity index (χ4v) is 3.23. The molecule has 0 atom stereocenters. The van der Waals surface area contributed by atoms with Crippen LogP contribution in [0.4, 0.5) is 0 Å². The van der Waals surface area contributed by atoms with Crippen LogP contribution in [0.5, 0.6) is 0 Å². The number of piperidine rings is 1. The minimum absolute atomic E-state index is 0.608. The molecule has 1 N–H and O–H groups in total. The van der Waals surface area contributed by atoms with Gasteiger partial charge >= 0.3 is 0 Å². The van der Waals surface area contributed by atoms with Crippen molar-refractivity contribution in [1.82, 2.24) is 14.9 Å². The molecule has 0 aliphatic carbocycles. The second kappa shape index (κ2) is 4.56. The van der Waals surface area contributed by atoms with Crippen LogP contribution in [-0.2, 0) is 0 Å². The van der Waals surface area contributed by atoms with Crippen molar-refractivity contribution in [3.05, 3.63) is 28.5 Å². The van der Waals surface area contributed by atoms with Crippen molar-refractivity contribution in [1.29, 1.82) is 0 Å². The van der Waals surface area contributed by atoms with Gasteiger partial charge in [-0.2, -0.15) is 0 Å². The Kier molecular flexibility index (Phi) is 3.04. The first kappa shape index (κ1) is 12.0. The lowest BCUT2D eigenvalue weighted by Crippen LogP contribution is -2.29. The van der Waals surface area contributed by atoms with Gasteiger partial charge in [-0.1, -0.05) is 11.6 Å². The second-order valence-electron chi connectivity index (χ2n) is 5.29. The maximum atomic E-state index is 6.39. The molecule has 4 heteroatoms. The largest absolute Gasteiger partial charge is 0.346 e. The number of pyridine rings is 1. The highest BCUT2D eigenvalue weighted by atomic mass is 35.5. The molecule has 1 aliphatic heterocycles. The Morgan fingerprint density at radius 3 is 2.83 bits per heavy atom. The summed E-state index contributed by atoms with van der Waals surface area (Å²) in [6.45, 7) is 4.30. The number of nitrogens with zero attached hydrogens (tertiary/aromatic N) is 2. The van der Waals surface area contributed by atoms with Crippen LogP contribution in [0.1, 0.15) is 30.0 Å². The van der Waals surface area contributed by atoms with Gasteiger partial charge in [0.15, 0.2) is 0 Å². The molecule has 2 aromatic rings. The summed E-state index contributed by atoms with van der Waals surface area (Å²) < 4.78 is 0. The lowest BCUT2D eigenvalue weighted by Gasteiger charge is -2.28. The zero-order chi connectivity index (χ0) is 12.7. The van der Waals surface area contributed by atoms with Gasteiger partial charge in [0, 0.05) is 17.3 Å². The van der Waals surface area contributed by atoms with Crippen molar-refractivity contribution >= 4 is 22.6 Å². The molecule has 18 heavy (non-hydrogen) atoms. The van der Waals surface area contributed by atoms with E-state index in [1.165, 1.54) is 18.4 Å². The number of H-pyrrole nitrogens is 1. The van der Waals surface area contributed by atoms with E-state index in [4.69, 9.17) is 11.6 Å². The average Bonchev–Trinajstić information content (AvgIpc) is 2.74. The van der Waals surface area contributed by atoms with Crippen molar-refractivity contribution in [2.75, 3.05) is 20.1 Å². The lowest BCUT2D eigenvalue weighted by molar-refractivity contribution is 0.256. The van der Waals surface area contributed by atoms with E-state index in [-0.39, 0.29) is 0 Å². The Morgan fingerprint density at radius 2 is 2.11 bits per heavy atom. The zero-order valence-electron chi connectivity index (χ0n) is 10.8. The number of aromatic amines is 1. The molecule has 0 unspecified atom stereocenters. The van der Waals surface area contributed by atoms with Crippen molar-refractivity contribution < 1.29 is 0 Å². The fraction of sp³-hybridized carbons (Fsp3) is 0.500. The first-order valence-electron chi connectivity index (χ1n) is 6.48. The van der Waals surface area contributed by atoms with E-state index in [1.54, 1.807) is 0 Å². The molecule has 0 aromatic carbocycles. The highest BCUT2D eigenvalue weighted by molar-refractivity contribution is 6.35. The van der Waals surface area contributed by atoms with Gasteiger partial charge in [-0.25, -0.2) is 4.98 Å². The summed E-state index contributed by atoms with van der Waals surface area (Å²) >= 11 is 6.39. The summed E-state index contributed by atoms with van der Waals surface area (Å²) in [5.41, 5.74) is 3.23. The predicted molar refractivity (Wildman–Crippen MR) is 75.3 cm³/mol. The number of hydrogen-bond acceptors (Lipinski definition) is 2. The number of halogens is 1. The molecule has 0 amide bonds. The SMILES string of the molecule is Cc1cc(Cl)c2c(C3CCN(C)CC3)c[nH]c2n1. The van der Waals surface area contributed by atoms with E-state index in [0.717, 1.165) is 34.8 Å². The molecule has 96 valence electrons. The molecule has 1 saturated heterocycles. The van der Waals surface area contributed by atoms with E-state index in [0.29, 0.717) is 5.92 Å². The molecule has 2 aromatic heterocycles. The standard InChI is InChI=1S/C14H18ClN3/c1-9-7-12(15)13-11(8-16-14(13)17-9)10-3-5-18(2)6-4-10/h7-8,10H,3-6H2,1-2H3,(H,16,17). The number of fused-ring (bicyclic) bond motifs is 1. The average molecular weight is 264 g/mol. The van der Waals surface area contributed by atoms with Gasteiger partial charge in [-0.15, -0.1) is 0 Å². The molecular weight excluding hydrogens is 246 g/mol. The Bertz CT molecular complexity index is 568. The third kappa shape index (κ3) is 2.02. The van der Waals surface area contributed by atoms with E-state index in [9.17, 15) is 0 Å². The van der Waals surface area contributed by atoms with Crippen molar-refractivity contribution in [2.24, 2.45) is 0 Å². The molecule has 3 rings (SSSR count). The van der Waals surface area contributed by atoms with Crippen LogP contribution in [0.25, 0.3) is 11.0 Å². The van der Waals surface area contributed by atoms with Gasteiger partial charge in [0.2, 0.25) is 0 Å². The van der Waals surface area contributed by atoms with Gasteiger partial charge in [0.25, 0.3) is 0 Å². The smallest absolute Gasteiger partial charge is 0.139 e. The van der Waals surface area contributed by atoms with Crippen LogP contribution in [-0.4, -0.2) is 35.0 Å². The minimum atomic E-state index is 0.608. The zero-order valence-corrected chi connectivity index (χ0v) is 11.6. The van der Waals surface area contributed by atoms with Crippen molar-refractivity contribution in [3.63, 3.8) is 0 Å². The molecule has 3 heterocycles. The number of aromatic nitrogens is 2. The Balaban J connectivity index is 2.02. The normalized spacial score (nSPS) is 18.6. The predicted octanol–water partition coefficient (Wildman–Crippen LogP) is 3.33. The summed E-state index contributed by atoms with van der Waals surface area (Å²) in [5, 5.41) is 1.95. The highest BCUT2D eigenvalue weighted by Crippen LogP contribution is 2.35. The molecule has 0 spiro atoms. The molecule has 0 saturated carbocycles. The summed E-state index contributed by atoms with van der Waals surface area (Å²) in [7, 11) is 2.18. The number of rotatable bonds is 1. The quantitative estimate of drug-likeness (QED) is 0.856. The van der Waals surface area contributed by atoms with Crippen molar-refractivity contribution in [2.45, 2.75) is 25.7 Å². The van der Waals surface area contributed by atoms with Gasteiger partial charge in [0.1, 0.15) is 5.65 Å². The molecule has 0 radical (unpaired) electrons. The maximum absolute atomic E-state index is 6.39. The topological polar surface area (TPSA) is 31.9 Å². The summed E-state index contributed by atoms with van der Waals surface area (Å²) in [6.07, 6.45) is 4.50. The van der Waals surface area contributed by atoms with Crippen LogP contribution >= 0.6 is 11.6 Å². The monoisotopic (exact) mass is 263 g/mol. The third-order valence-electron chi connectivity index (χ3n) is 3.91. The maximum Gasteiger partial charge on any atom is 0.139 e. The van der Waals surface area contributed by atoms with E-state index in [2.05, 4.69) is 28.1 Å². The number of likely N-dealkylation sites (tertiary alicyclic amines) is 1. The molecular formula is C14H18ClN3. The van der Waals surface area contributed by atoms with Gasteiger partial charge in [0.05, 0.1) is 5.02 Å². The number of nitrogens with one attached hydrogen (secondary N) is 1. The van der Waals surface area contributed by atoms with E-state index >= 15 is 0 Å². The third-order valence-corrected chi connectivity index (χ3v) is 4.21. The molecule has 1 aliphatic rings. The minimum Gasteiger partial charge on any atom is -0.346 e. The van der Waals surface area contributed by atoms with Gasteiger partial charge < -0.3 is 9.88 Å². The van der Waals surface area contributed by atoms with Crippen LogP contribution < -0.4 is 0 Å². The Labute approximate surface area is 112 Å². The molecule has 1 fully saturated rings. The summed E-state index contributed by atoms with van der Waals surface area (Å²) in [5.74, 6) is 0.608. The van der Waals surface area contributed by atoms with E-state index in [1.807, 2.05) is 13.0 Å². The van der Waals surface area contributed by atoms with Crippen LogP contribution in [0.15, 0.2) is 12.3 Å². The summed E-state index contributed by atoms with van der Waals surface area (Å²) in [4.78, 5) is 10.2. The summed E-state index contributed by atoms with van der Waals surface area (Å²) in [6, 6.07) is 1.95. The first-order valence-corrected chi connectivity index (χ1v) is 6.85. The van der Waals surface area contributed by atoms with Crippen LogP contribution in [0, 0.1) is 6.92 Å². The Morgan fingerprint density at radius 1 is 1.39 bits per heavy atom. The molecule has 0 bridgehead atoms. The molecule has 3 nitrogen and oxygen atoms in total. The van der Waals surface area contributed by atoms with Crippen LogP contribution in [0.2, 0.25) is 5.02 Å². The number of hydrogen-bond donors (Lipinski definition) is 1. The lowest BCUT2D eigenvalue weighted by atomic mass is 9.90. The van der Waals surface area contributed by atoms with E-state index < -0.39 is 0 Å². The number of aryl methyl sites for hydroxylation is 1. The fourth-order valence-electron chi connectivity index (χ4n) is 2.87. The van der Waals surface area contributed by atoms with Crippen LogP contribution in [0.3, 0.4) is 0 Å². The second-order valence-corrected chi connectivity index (χ2v) is 5.70. The highest BCUT2D eigenvalue weighted by Gasteiger charge is 2.22. The van der Waals surface area contributed by atoms with Gasteiger partial charge in [-0.05, 0) is 57.5 Å². The first-order chi connectivity index (χ1) is 8.65.